The summed E-state index contributed by atoms with van der Waals surface area (Å²) >= 11 is 6.14. The predicted octanol–water partition coefficient (Wildman–Crippen LogP) is 2.44. The molecule has 1 aliphatic heterocycles. The molecule has 0 aromatic heterocycles. The number of amides is 2. The van der Waals surface area contributed by atoms with Crippen molar-refractivity contribution in [3.63, 3.8) is 0 Å². The minimum Gasteiger partial charge on any atom is -0.504 e. The summed E-state index contributed by atoms with van der Waals surface area (Å²) < 4.78 is 5.61. The van der Waals surface area contributed by atoms with Gasteiger partial charge < -0.3 is 29.9 Å². The number of piperazine rings is 1. The lowest BCUT2D eigenvalue weighted by Gasteiger charge is -2.34. The maximum Gasteiger partial charge on any atom is 0.260 e. The van der Waals surface area contributed by atoms with E-state index in [0.717, 1.165) is 23.3 Å². The fourth-order valence-electron chi connectivity index (χ4n) is 3.30. The first-order valence-corrected chi connectivity index (χ1v) is 9.76. The maximum atomic E-state index is 12.6. The van der Waals surface area contributed by atoms with Crippen LogP contribution in [0.15, 0.2) is 24.3 Å². The lowest BCUT2D eigenvalue weighted by molar-refractivity contribution is -0.134. The van der Waals surface area contributed by atoms with Gasteiger partial charge in [0.25, 0.3) is 11.8 Å². The largest absolute Gasteiger partial charge is 0.504 e. The highest BCUT2D eigenvalue weighted by molar-refractivity contribution is 6.32. The maximum absolute atomic E-state index is 12.6. The van der Waals surface area contributed by atoms with Gasteiger partial charge in [-0.1, -0.05) is 11.6 Å². The van der Waals surface area contributed by atoms with E-state index in [2.05, 4.69) is 0 Å². The number of carbonyl (C=O) groups excluding carboxylic acids is 2. The molecule has 0 aliphatic carbocycles. The van der Waals surface area contributed by atoms with Crippen LogP contribution in [0.5, 0.6) is 23.0 Å². The molecule has 0 atom stereocenters. The first kappa shape index (κ1) is 21.6. The number of halogens is 1. The molecule has 2 aromatic rings. The van der Waals surface area contributed by atoms with Crippen LogP contribution >= 0.6 is 11.6 Å². The SMILES string of the molecule is Cc1cc(OCC(=O)N2CCN(C(=O)c3cc(O)c(O)c(O)c3)CC2)cc(C)c1Cl. The number of hydrogen-bond acceptors (Lipinski definition) is 6. The van der Waals surface area contributed by atoms with Crippen molar-refractivity contribution >= 4 is 23.4 Å². The van der Waals surface area contributed by atoms with Crippen molar-refractivity contribution in [3.8, 4) is 23.0 Å². The number of aromatic hydroxyl groups is 3. The van der Waals surface area contributed by atoms with Crippen molar-refractivity contribution in [3.05, 3.63) is 46.0 Å². The number of aryl methyl sites for hydroxylation is 2. The molecule has 8 nitrogen and oxygen atoms in total. The van der Waals surface area contributed by atoms with E-state index in [9.17, 15) is 24.9 Å². The Morgan fingerprint density at radius 1 is 0.933 bits per heavy atom. The summed E-state index contributed by atoms with van der Waals surface area (Å²) in [6.07, 6.45) is 0. The Morgan fingerprint density at radius 3 is 1.97 bits per heavy atom. The van der Waals surface area contributed by atoms with Crippen molar-refractivity contribution in [2.24, 2.45) is 0 Å². The van der Waals surface area contributed by atoms with Crippen LogP contribution in [0, 0.1) is 13.8 Å². The minimum absolute atomic E-state index is 0.0550. The van der Waals surface area contributed by atoms with E-state index in [1.165, 1.54) is 4.90 Å². The Kier molecular flexibility index (Phi) is 6.26. The average molecular weight is 435 g/mol. The third kappa shape index (κ3) is 4.54. The second-order valence-electron chi connectivity index (χ2n) is 7.20. The second-order valence-corrected chi connectivity index (χ2v) is 7.57. The van der Waals surface area contributed by atoms with Gasteiger partial charge in [-0.2, -0.15) is 0 Å². The van der Waals surface area contributed by atoms with E-state index in [4.69, 9.17) is 16.3 Å². The number of phenols is 3. The molecule has 0 saturated carbocycles. The van der Waals surface area contributed by atoms with Crippen molar-refractivity contribution in [2.45, 2.75) is 13.8 Å². The van der Waals surface area contributed by atoms with Crippen molar-refractivity contribution in [1.82, 2.24) is 9.80 Å². The molecule has 30 heavy (non-hydrogen) atoms. The fourth-order valence-corrected chi connectivity index (χ4v) is 3.40. The lowest BCUT2D eigenvalue weighted by atomic mass is 10.1. The molecule has 1 saturated heterocycles. The zero-order valence-corrected chi connectivity index (χ0v) is 17.4. The molecular formula is C21H23ClN2O6. The van der Waals surface area contributed by atoms with Crippen LogP contribution in [0.4, 0.5) is 0 Å². The molecule has 3 rings (SSSR count). The van der Waals surface area contributed by atoms with Crippen molar-refractivity contribution < 1.29 is 29.6 Å². The summed E-state index contributed by atoms with van der Waals surface area (Å²) in [5.74, 6) is -1.84. The number of ether oxygens (including phenoxy) is 1. The third-order valence-corrected chi connectivity index (χ3v) is 5.60. The van der Waals surface area contributed by atoms with E-state index in [1.807, 2.05) is 13.8 Å². The summed E-state index contributed by atoms with van der Waals surface area (Å²) in [6, 6.07) is 5.75. The highest BCUT2D eigenvalue weighted by Crippen LogP contribution is 2.35. The summed E-state index contributed by atoms with van der Waals surface area (Å²) in [4.78, 5) is 28.2. The van der Waals surface area contributed by atoms with E-state index in [0.29, 0.717) is 37.0 Å². The molecule has 1 aliphatic rings. The normalized spacial score (nSPS) is 14.0. The molecule has 0 unspecified atom stereocenters. The van der Waals surface area contributed by atoms with Gasteiger partial charge in [0.1, 0.15) is 5.75 Å². The van der Waals surface area contributed by atoms with Gasteiger partial charge in [-0.25, -0.2) is 0 Å². The van der Waals surface area contributed by atoms with E-state index in [1.54, 1.807) is 17.0 Å². The van der Waals surface area contributed by atoms with Crippen LogP contribution in [-0.2, 0) is 4.79 Å². The quantitative estimate of drug-likeness (QED) is 0.637. The van der Waals surface area contributed by atoms with Crippen LogP contribution in [0.2, 0.25) is 5.02 Å². The highest BCUT2D eigenvalue weighted by atomic mass is 35.5. The topological polar surface area (TPSA) is 111 Å². The van der Waals surface area contributed by atoms with Gasteiger partial charge in [-0.05, 0) is 49.2 Å². The molecule has 0 bridgehead atoms. The number of hydrogen-bond donors (Lipinski definition) is 3. The van der Waals surface area contributed by atoms with Crippen LogP contribution in [0.3, 0.4) is 0 Å². The molecular weight excluding hydrogens is 412 g/mol. The summed E-state index contributed by atoms with van der Waals surface area (Å²) in [6.45, 7) is 4.89. The van der Waals surface area contributed by atoms with Gasteiger partial charge >= 0.3 is 0 Å². The van der Waals surface area contributed by atoms with Gasteiger partial charge in [-0.15, -0.1) is 0 Å². The third-order valence-electron chi connectivity index (χ3n) is 5.01. The van der Waals surface area contributed by atoms with Crippen molar-refractivity contribution in [2.75, 3.05) is 32.8 Å². The molecule has 2 amide bonds. The zero-order chi connectivity index (χ0) is 22.0. The number of carbonyl (C=O) groups is 2. The van der Waals surface area contributed by atoms with Gasteiger partial charge in [0.05, 0.1) is 0 Å². The van der Waals surface area contributed by atoms with Gasteiger partial charge in [0, 0.05) is 36.8 Å². The molecule has 9 heteroatoms. The predicted molar refractivity (Wildman–Crippen MR) is 110 cm³/mol. The van der Waals surface area contributed by atoms with E-state index in [-0.39, 0.29) is 18.1 Å². The molecule has 160 valence electrons. The lowest BCUT2D eigenvalue weighted by Crippen LogP contribution is -2.51. The Labute approximate surface area is 178 Å². The standard InChI is InChI=1S/C21H23ClN2O6/c1-12-7-15(8-13(2)19(12)22)30-11-18(27)23-3-5-24(6-4-23)21(29)14-9-16(25)20(28)17(26)10-14/h7-10,25-26,28H,3-6,11H2,1-2H3. The van der Waals surface area contributed by atoms with Crippen molar-refractivity contribution in [1.29, 1.82) is 0 Å². The second kappa shape index (κ2) is 8.71. The van der Waals surface area contributed by atoms with E-state index >= 15 is 0 Å². The smallest absolute Gasteiger partial charge is 0.260 e. The van der Waals surface area contributed by atoms with E-state index < -0.39 is 23.2 Å². The van der Waals surface area contributed by atoms with Crippen LogP contribution in [0.25, 0.3) is 0 Å². The Bertz CT molecular complexity index is 939. The average Bonchev–Trinajstić information content (AvgIpc) is 2.73. The monoisotopic (exact) mass is 434 g/mol. The molecule has 0 spiro atoms. The molecule has 2 aromatic carbocycles. The molecule has 3 N–H and O–H groups in total. The van der Waals surface area contributed by atoms with Crippen LogP contribution in [-0.4, -0.2) is 69.7 Å². The van der Waals surface area contributed by atoms with Gasteiger partial charge in [0.15, 0.2) is 23.9 Å². The molecule has 1 heterocycles. The fraction of sp³-hybridized carbons (Fsp3) is 0.333. The number of rotatable bonds is 4. The summed E-state index contributed by atoms with van der Waals surface area (Å²) in [5, 5.41) is 29.3. The molecule has 1 fully saturated rings. The summed E-state index contributed by atoms with van der Waals surface area (Å²) in [7, 11) is 0. The van der Waals surface area contributed by atoms with Crippen LogP contribution < -0.4 is 4.74 Å². The Balaban J connectivity index is 1.55. The molecule has 0 radical (unpaired) electrons. The first-order valence-electron chi connectivity index (χ1n) is 9.39. The number of phenolic OH excluding ortho intramolecular Hbond substituents is 3. The first-order chi connectivity index (χ1) is 14.2. The summed E-state index contributed by atoms with van der Waals surface area (Å²) in [5.41, 5.74) is 1.80. The number of benzene rings is 2. The Morgan fingerprint density at radius 2 is 1.43 bits per heavy atom. The zero-order valence-electron chi connectivity index (χ0n) is 16.7. The number of nitrogens with zero attached hydrogens (tertiary/aromatic N) is 2. The van der Waals surface area contributed by atoms with Gasteiger partial charge in [-0.3, -0.25) is 9.59 Å². The minimum atomic E-state index is -0.673. The highest BCUT2D eigenvalue weighted by Gasteiger charge is 2.26. The Hall–Kier alpha value is -3.13. The van der Waals surface area contributed by atoms with Crippen LogP contribution in [0.1, 0.15) is 21.5 Å². The van der Waals surface area contributed by atoms with Gasteiger partial charge in [0.2, 0.25) is 0 Å².